The Bertz CT molecular complexity index is 1220. The standard InChI is InChI=1S/C23H22N2O3S2/c1-14-17(16-6-4-5-7-18(16)24-14)13-21-22(26)25(23(29)30-21)11-10-15-8-9-19(27-2)20(12-15)28-3/h4-9,12-13,26H,10-11H2,1-3H3/b17-13+. The van der Waals surface area contributed by atoms with Crippen LogP contribution < -0.4 is 9.47 Å². The van der Waals surface area contributed by atoms with E-state index in [1.165, 1.54) is 11.3 Å². The highest BCUT2D eigenvalue weighted by Gasteiger charge is 2.19. The van der Waals surface area contributed by atoms with Gasteiger partial charge >= 0.3 is 0 Å². The highest BCUT2D eigenvalue weighted by atomic mass is 32.1. The zero-order valence-electron chi connectivity index (χ0n) is 17.0. The molecule has 1 N–H and O–H groups in total. The van der Waals surface area contributed by atoms with Crippen molar-refractivity contribution >= 4 is 46.6 Å². The zero-order chi connectivity index (χ0) is 21.3. The summed E-state index contributed by atoms with van der Waals surface area (Å²) in [6.07, 6.45) is 2.69. The molecular formula is C23H22N2O3S2. The number of aryl methyl sites for hydroxylation is 1. The van der Waals surface area contributed by atoms with E-state index >= 15 is 0 Å². The number of aromatic hydroxyl groups is 1. The van der Waals surface area contributed by atoms with Crippen molar-refractivity contribution in [2.45, 2.75) is 19.9 Å². The summed E-state index contributed by atoms with van der Waals surface area (Å²) in [6.45, 7) is 2.56. The number of hydrogen-bond acceptors (Lipinski definition) is 6. The fourth-order valence-corrected chi connectivity index (χ4v) is 4.83. The predicted molar refractivity (Wildman–Crippen MR) is 125 cm³/mol. The van der Waals surface area contributed by atoms with Crippen LogP contribution in [0.15, 0.2) is 47.5 Å². The zero-order valence-corrected chi connectivity index (χ0v) is 18.6. The summed E-state index contributed by atoms with van der Waals surface area (Å²) in [4.78, 5) is 5.36. The van der Waals surface area contributed by atoms with E-state index in [2.05, 4.69) is 4.99 Å². The molecular weight excluding hydrogens is 416 g/mol. The van der Waals surface area contributed by atoms with Crippen molar-refractivity contribution in [2.75, 3.05) is 14.2 Å². The molecule has 1 aliphatic rings. The average Bonchev–Trinajstić information content (AvgIpc) is 3.21. The number of methoxy groups -OCH3 is 2. The molecule has 0 unspecified atom stereocenters. The molecule has 2 aromatic carbocycles. The van der Waals surface area contributed by atoms with Gasteiger partial charge in [-0.25, -0.2) is 0 Å². The molecule has 2 heterocycles. The molecule has 5 nitrogen and oxygen atoms in total. The molecule has 0 saturated heterocycles. The number of aromatic nitrogens is 1. The Hall–Kier alpha value is -2.90. The molecule has 0 fully saturated rings. The molecule has 0 atom stereocenters. The number of para-hydroxylation sites is 1. The van der Waals surface area contributed by atoms with Crippen molar-refractivity contribution in [2.24, 2.45) is 4.99 Å². The fraction of sp³-hybridized carbons (Fsp3) is 0.217. The highest BCUT2D eigenvalue weighted by molar-refractivity contribution is 7.73. The van der Waals surface area contributed by atoms with Crippen LogP contribution in [0.1, 0.15) is 22.9 Å². The van der Waals surface area contributed by atoms with Gasteiger partial charge in [0, 0.05) is 23.4 Å². The maximum Gasteiger partial charge on any atom is 0.210 e. The first kappa shape index (κ1) is 20.4. The summed E-state index contributed by atoms with van der Waals surface area (Å²) in [6, 6.07) is 13.8. The molecule has 0 saturated carbocycles. The molecule has 7 heteroatoms. The minimum Gasteiger partial charge on any atom is -0.493 e. The van der Waals surface area contributed by atoms with Crippen LogP contribution in [-0.4, -0.2) is 29.6 Å². The summed E-state index contributed by atoms with van der Waals surface area (Å²) in [5.41, 5.74) is 5.06. The van der Waals surface area contributed by atoms with Crippen LogP contribution in [0.5, 0.6) is 17.4 Å². The van der Waals surface area contributed by atoms with Gasteiger partial charge in [-0.05, 0) is 55.4 Å². The van der Waals surface area contributed by atoms with Gasteiger partial charge in [0.15, 0.2) is 15.5 Å². The third-order valence-corrected chi connectivity index (χ3v) is 6.50. The van der Waals surface area contributed by atoms with Gasteiger partial charge in [-0.3, -0.25) is 9.56 Å². The number of thiazole rings is 1. The second-order valence-corrected chi connectivity index (χ2v) is 8.59. The van der Waals surface area contributed by atoms with E-state index in [0.717, 1.165) is 33.0 Å². The lowest BCUT2D eigenvalue weighted by Crippen LogP contribution is -2.01. The van der Waals surface area contributed by atoms with Crippen molar-refractivity contribution < 1.29 is 14.6 Å². The Morgan fingerprint density at radius 1 is 1.13 bits per heavy atom. The molecule has 0 amide bonds. The molecule has 4 rings (SSSR count). The lowest BCUT2D eigenvalue weighted by Gasteiger charge is -2.10. The van der Waals surface area contributed by atoms with Gasteiger partial charge in [0.2, 0.25) is 5.88 Å². The van der Waals surface area contributed by atoms with Crippen LogP contribution in [0.3, 0.4) is 0 Å². The van der Waals surface area contributed by atoms with E-state index in [4.69, 9.17) is 21.7 Å². The number of fused-ring (bicyclic) bond motifs is 1. The monoisotopic (exact) mass is 438 g/mol. The minimum absolute atomic E-state index is 0.190. The summed E-state index contributed by atoms with van der Waals surface area (Å²) < 4.78 is 13.1. The van der Waals surface area contributed by atoms with Crippen LogP contribution >= 0.6 is 23.6 Å². The van der Waals surface area contributed by atoms with E-state index in [0.29, 0.717) is 28.4 Å². The first-order chi connectivity index (χ1) is 14.5. The second-order valence-electron chi connectivity index (χ2n) is 6.92. The molecule has 1 aliphatic heterocycles. The maximum atomic E-state index is 10.8. The van der Waals surface area contributed by atoms with Crippen LogP contribution in [0.25, 0.3) is 11.6 Å². The molecule has 154 valence electrons. The van der Waals surface area contributed by atoms with Crippen molar-refractivity contribution in [3.8, 4) is 17.4 Å². The second kappa shape index (κ2) is 8.45. The van der Waals surface area contributed by atoms with Crippen LogP contribution in [0.4, 0.5) is 5.69 Å². The van der Waals surface area contributed by atoms with E-state index in [1.807, 2.05) is 55.5 Å². The Morgan fingerprint density at radius 3 is 2.67 bits per heavy atom. The van der Waals surface area contributed by atoms with Gasteiger partial charge in [-0.1, -0.05) is 24.3 Å². The maximum absolute atomic E-state index is 10.8. The number of nitrogens with zero attached hydrogens (tertiary/aromatic N) is 2. The number of ether oxygens (including phenoxy) is 2. The van der Waals surface area contributed by atoms with Crippen molar-refractivity contribution in [1.82, 2.24) is 4.57 Å². The fourth-order valence-electron chi connectivity index (χ4n) is 3.53. The van der Waals surface area contributed by atoms with Crippen molar-refractivity contribution in [3.63, 3.8) is 0 Å². The normalized spacial score (nSPS) is 14.0. The number of aliphatic imine (C=N–C) groups is 1. The molecule has 0 radical (unpaired) electrons. The number of hydrogen-bond donors (Lipinski definition) is 1. The van der Waals surface area contributed by atoms with E-state index in [9.17, 15) is 5.11 Å². The van der Waals surface area contributed by atoms with Gasteiger partial charge in [0.05, 0.1) is 24.8 Å². The van der Waals surface area contributed by atoms with Gasteiger partial charge < -0.3 is 14.6 Å². The average molecular weight is 439 g/mol. The van der Waals surface area contributed by atoms with E-state index in [1.54, 1.807) is 18.8 Å². The Kier molecular flexibility index (Phi) is 5.74. The lowest BCUT2D eigenvalue weighted by atomic mass is 10.0. The Morgan fingerprint density at radius 2 is 1.90 bits per heavy atom. The van der Waals surface area contributed by atoms with Gasteiger partial charge in [0.1, 0.15) is 0 Å². The summed E-state index contributed by atoms with van der Waals surface area (Å²) in [7, 11) is 3.24. The number of benzene rings is 2. The number of allylic oxidation sites excluding steroid dienone is 1. The van der Waals surface area contributed by atoms with E-state index < -0.39 is 0 Å². The summed E-state index contributed by atoms with van der Waals surface area (Å²) in [5.74, 6) is 1.57. The Labute approximate surface area is 184 Å². The SMILES string of the molecule is COc1ccc(CCn2c(O)c(/C=C3\C(C)=Nc4ccccc43)sc2=S)cc1OC. The Balaban J connectivity index is 1.60. The van der Waals surface area contributed by atoms with Gasteiger partial charge in [-0.2, -0.15) is 0 Å². The molecule has 0 spiro atoms. The van der Waals surface area contributed by atoms with Gasteiger partial charge in [0.25, 0.3) is 0 Å². The summed E-state index contributed by atoms with van der Waals surface area (Å²) in [5, 5.41) is 10.8. The van der Waals surface area contributed by atoms with Crippen LogP contribution in [-0.2, 0) is 13.0 Å². The van der Waals surface area contributed by atoms with Crippen molar-refractivity contribution in [3.05, 3.63) is 62.4 Å². The third kappa shape index (κ3) is 3.78. The third-order valence-electron chi connectivity index (χ3n) is 5.11. The lowest BCUT2D eigenvalue weighted by molar-refractivity contribution is 0.354. The predicted octanol–water partition coefficient (Wildman–Crippen LogP) is 5.89. The first-order valence-corrected chi connectivity index (χ1v) is 10.7. The molecule has 3 aromatic rings. The van der Waals surface area contributed by atoms with Crippen LogP contribution in [0.2, 0.25) is 0 Å². The number of rotatable bonds is 6. The first-order valence-electron chi connectivity index (χ1n) is 9.52. The molecule has 0 bridgehead atoms. The van der Waals surface area contributed by atoms with E-state index in [-0.39, 0.29) is 5.88 Å². The quantitative estimate of drug-likeness (QED) is 0.488. The van der Waals surface area contributed by atoms with Crippen LogP contribution in [0, 0.1) is 3.95 Å². The molecule has 1 aromatic heterocycles. The highest BCUT2D eigenvalue weighted by Crippen LogP contribution is 2.38. The van der Waals surface area contributed by atoms with Crippen molar-refractivity contribution in [1.29, 1.82) is 0 Å². The van der Waals surface area contributed by atoms with Gasteiger partial charge in [-0.15, -0.1) is 11.3 Å². The molecule has 0 aliphatic carbocycles. The molecule has 30 heavy (non-hydrogen) atoms. The smallest absolute Gasteiger partial charge is 0.210 e. The summed E-state index contributed by atoms with van der Waals surface area (Å²) >= 11 is 6.93. The topological polar surface area (TPSA) is 56.0 Å². The minimum atomic E-state index is 0.190. The largest absolute Gasteiger partial charge is 0.493 e.